The van der Waals surface area contributed by atoms with Crippen molar-refractivity contribution in [3.63, 3.8) is 0 Å². The molecular formula is C13H13N2+. The van der Waals surface area contributed by atoms with Crippen LogP contribution in [0.4, 0.5) is 5.69 Å². The Balaban J connectivity index is 2.52. The first-order valence-electron chi connectivity index (χ1n) is 5.15. The maximum atomic E-state index is 3.39. The fourth-order valence-corrected chi connectivity index (χ4v) is 2.14. The van der Waals surface area contributed by atoms with E-state index in [1.54, 1.807) is 0 Å². The SMILES string of the molecule is CC1=C[n+]2c(C)ccc3cccc(c32)N1. The number of hydrogen-bond acceptors (Lipinski definition) is 1. The third-order valence-corrected chi connectivity index (χ3v) is 2.85. The number of rotatable bonds is 0. The summed E-state index contributed by atoms with van der Waals surface area (Å²) in [6.45, 7) is 4.21. The fraction of sp³-hybridized carbons (Fsp3) is 0.154. The van der Waals surface area contributed by atoms with Gasteiger partial charge >= 0.3 is 0 Å². The standard InChI is InChI=1S/C13H13N2/c1-9-8-15-10(2)6-7-11-4-3-5-12(14-9)13(11)15/h3-8,14H,1-2H3/q+1. The highest BCUT2D eigenvalue weighted by atomic mass is 15.0. The van der Waals surface area contributed by atoms with Gasteiger partial charge < -0.3 is 5.32 Å². The smallest absolute Gasteiger partial charge is 0.241 e. The molecule has 3 rings (SSSR count). The van der Waals surface area contributed by atoms with Crippen LogP contribution >= 0.6 is 0 Å². The number of hydrogen-bond donors (Lipinski definition) is 1. The number of aryl methyl sites for hydroxylation is 1. The van der Waals surface area contributed by atoms with Gasteiger partial charge in [0.25, 0.3) is 0 Å². The molecular weight excluding hydrogens is 184 g/mol. The number of allylic oxidation sites excluding steroid dienone is 1. The van der Waals surface area contributed by atoms with Gasteiger partial charge in [-0.2, -0.15) is 4.57 Å². The maximum absolute atomic E-state index is 3.39. The zero-order valence-corrected chi connectivity index (χ0v) is 8.91. The summed E-state index contributed by atoms with van der Waals surface area (Å²) in [4.78, 5) is 0. The molecule has 0 bridgehead atoms. The lowest BCUT2D eigenvalue weighted by Gasteiger charge is -2.13. The lowest BCUT2D eigenvalue weighted by atomic mass is 10.1. The molecule has 2 nitrogen and oxygen atoms in total. The van der Waals surface area contributed by atoms with Crippen molar-refractivity contribution in [1.29, 1.82) is 0 Å². The average molecular weight is 197 g/mol. The molecule has 1 aromatic carbocycles. The van der Waals surface area contributed by atoms with Crippen molar-refractivity contribution in [2.24, 2.45) is 0 Å². The Kier molecular flexibility index (Phi) is 1.60. The highest BCUT2D eigenvalue weighted by molar-refractivity contribution is 5.90. The van der Waals surface area contributed by atoms with Crippen LogP contribution in [0.15, 0.2) is 36.0 Å². The lowest BCUT2D eigenvalue weighted by Crippen LogP contribution is -2.35. The molecule has 1 aliphatic rings. The molecule has 0 amide bonds. The van der Waals surface area contributed by atoms with Gasteiger partial charge in [-0.15, -0.1) is 0 Å². The minimum atomic E-state index is 1.18. The molecule has 0 spiro atoms. The van der Waals surface area contributed by atoms with Crippen LogP contribution < -0.4 is 9.88 Å². The number of anilines is 1. The first-order chi connectivity index (χ1) is 7.25. The van der Waals surface area contributed by atoms with Crippen LogP contribution in [0.3, 0.4) is 0 Å². The van der Waals surface area contributed by atoms with Gasteiger partial charge in [0.1, 0.15) is 5.69 Å². The number of nitrogens with one attached hydrogen (secondary N) is 1. The largest absolute Gasteiger partial charge is 0.349 e. The molecule has 2 heteroatoms. The summed E-state index contributed by atoms with van der Waals surface area (Å²) in [5.74, 6) is 0. The van der Waals surface area contributed by atoms with Gasteiger partial charge in [0.15, 0.2) is 11.9 Å². The van der Waals surface area contributed by atoms with Crippen LogP contribution in [-0.4, -0.2) is 0 Å². The third kappa shape index (κ3) is 1.14. The van der Waals surface area contributed by atoms with E-state index in [1.807, 2.05) is 0 Å². The summed E-state index contributed by atoms with van der Waals surface area (Å²) < 4.78 is 2.25. The van der Waals surface area contributed by atoms with Gasteiger partial charge in [-0.3, -0.25) is 0 Å². The van der Waals surface area contributed by atoms with E-state index in [1.165, 1.54) is 28.0 Å². The summed E-state index contributed by atoms with van der Waals surface area (Å²) in [6, 6.07) is 10.7. The Morgan fingerprint density at radius 2 is 1.93 bits per heavy atom. The van der Waals surface area contributed by atoms with Crippen molar-refractivity contribution in [2.75, 3.05) is 5.32 Å². The van der Waals surface area contributed by atoms with Gasteiger partial charge in [-0.25, -0.2) is 0 Å². The maximum Gasteiger partial charge on any atom is 0.241 e. The zero-order chi connectivity index (χ0) is 10.4. The second kappa shape index (κ2) is 2.83. The van der Waals surface area contributed by atoms with E-state index in [9.17, 15) is 0 Å². The van der Waals surface area contributed by atoms with Crippen molar-refractivity contribution in [2.45, 2.75) is 13.8 Å². The lowest BCUT2D eigenvalue weighted by molar-refractivity contribution is -0.547. The molecule has 0 fully saturated rings. The van der Waals surface area contributed by atoms with E-state index in [-0.39, 0.29) is 0 Å². The molecule has 2 aromatic rings. The molecule has 0 saturated heterocycles. The van der Waals surface area contributed by atoms with Gasteiger partial charge in [0.05, 0.1) is 5.70 Å². The van der Waals surface area contributed by atoms with Crippen LogP contribution in [0.1, 0.15) is 12.6 Å². The zero-order valence-electron chi connectivity index (χ0n) is 8.91. The van der Waals surface area contributed by atoms with E-state index >= 15 is 0 Å². The molecule has 1 N–H and O–H groups in total. The molecule has 0 unspecified atom stereocenters. The number of aromatic nitrogens is 1. The molecule has 2 heterocycles. The minimum absolute atomic E-state index is 1.18. The van der Waals surface area contributed by atoms with Gasteiger partial charge in [0, 0.05) is 18.4 Å². The monoisotopic (exact) mass is 197 g/mol. The summed E-state index contributed by atoms with van der Waals surface area (Å²) >= 11 is 0. The van der Waals surface area contributed by atoms with Crippen molar-refractivity contribution in [3.8, 4) is 0 Å². The normalized spacial score (nSPS) is 13.6. The Morgan fingerprint density at radius 3 is 2.80 bits per heavy atom. The third-order valence-electron chi connectivity index (χ3n) is 2.85. The summed E-state index contributed by atoms with van der Waals surface area (Å²) in [6.07, 6.45) is 2.14. The molecule has 0 atom stereocenters. The summed E-state index contributed by atoms with van der Waals surface area (Å²) in [5, 5.41) is 4.66. The first kappa shape index (κ1) is 8.48. The van der Waals surface area contributed by atoms with Gasteiger partial charge in [-0.1, -0.05) is 6.07 Å². The van der Waals surface area contributed by atoms with Crippen LogP contribution in [0.2, 0.25) is 0 Å². The Labute approximate surface area is 88.9 Å². The number of benzene rings is 1. The van der Waals surface area contributed by atoms with Crippen LogP contribution in [-0.2, 0) is 0 Å². The van der Waals surface area contributed by atoms with E-state index in [0.717, 1.165) is 0 Å². The Bertz CT molecular complexity index is 582. The highest BCUT2D eigenvalue weighted by Gasteiger charge is 2.19. The topological polar surface area (TPSA) is 15.9 Å². The predicted molar refractivity (Wildman–Crippen MR) is 62.4 cm³/mol. The molecule has 1 aromatic heterocycles. The van der Waals surface area contributed by atoms with Gasteiger partial charge in [0.2, 0.25) is 5.52 Å². The number of para-hydroxylation sites is 1. The molecule has 74 valence electrons. The van der Waals surface area contributed by atoms with E-state index in [2.05, 4.69) is 60.3 Å². The average Bonchev–Trinajstić information content (AvgIpc) is 2.23. The molecule has 1 aliphatic heterocycles. The van der Waals surface area contributed by atoms with Gasteiger partial charge in [-0.05, 0) is 25.1 Å². The van der Waals surface area contributed by atoms with E-state index in [0.29, 0.717) is 0 Å². The summed E-state index contributed by atoms with van der Waals surface area (Å²) in [5.41, 5.74) is 4.89. The van der Waals surface area contributed by atoms with Crippen LogP contribution in [0.5, 0.6) is 0 Å². The second-order valence-corrected chi connectivity index (χ2v) is 4.03. The quantitative estimate of drug-likeness (QED) is 0.642. The van der Waals surface area contributed by atoms with Crippen LogP contribution in [0.25, 0.3) is 17.1 Å². The Hall–Kier alpha value is -1.83. The molecule has 0 radical (unpaired) electrons. The number of nitrogens with zero attached hydrogens (tertiary/aromatic N) is 1. The van der Waals surface area contributed by atoms with Crippen molar-refractivity contribution >= 4 is 22.8 Å². The fourth-order valence-electron chi connectivity index (χ4n) is 2.14. The molecule has 15 heavy (non-hydrogen) atoms. The highest BCUT2D eigenvalue weighted by Crippen LogP contribution is 2.24. The van der Waals surface area contributed by atoms with Crippen molar-refractivity contribution < 1.29 is 4.57 Å². The Morgan fingerprint density at radius 1 is 1.07 bits per heavy atom. The minimum Gasteiger partial charge on any atom is -0.349 e. The van der Waals surface area contributed by atoms with E-state index in [4.69, 9.17) is 0 Å². The van der Waals surface area contributed by atoms with E-state index < -0.39 is 0 Å². The van der Waals surface area contributed by atoms with Crippen LogP contribution in [0, 0.1) is 6.92 Å². The first-order valence-corrected chi connectivity index (χ1v) is 5.15. The second-order valence-electron chi connectivity index (χ2n) is 4.03. The van der Waals surface area contributed by atoms with Crippen molar-refractivity contribution in [3.05, 3.63) is 41.7 Å². The number of pyridine rings is 1. The van der Waals surface area contributed by atoms with Crippen molar-refractivity contribution in [1.82, 2.24) is 0 Å². The molecule has 0 saturated carbocycles. The predicted octanol–water partition coefficient (Wildman–Crippen LogP) is 2.68. The molecule has 0 aliphatic carbocycles. The summed E-state index contributed by atoms with van der Waals surface area (Å²) in [7, 11) is 0.